The lowest BCUT2D eigenvalue weighted by Crippen LogP contribution is -2.61. The van der Waals surface area contributed by atoms with Gasteiger partial charge >= 0.3 is 6.09 Å². The van der Waals surface area contributed by atoms with Gasteiger partial charge in [-0.05, 0) is 99.7 Å². The first-order valence-corrected chi connectivity index (χ1v) is 13.5. The van der Waals surface area contributed by atoms with Gasteiger partial charge in [0.1, 0.15) is 11.9 Å². The predicted molar refractivity (Wildman–Crippen MR) is 135 cm³/mol. The summed E-state index contributed by atoms with van der Waals surface area (Å²) in [4.78, 5) is 25.1. The van der Waals surface area contributed by atoms with Crippen LogP contribution in [0.2, 0.25) is 0 Å². The minimum absolute atomic E-state index is 0.0316. The molecule has 5 rings (SSSR count). The van der Waals surface area contributed by atoms with E-state index in [2.05, 4.69) is 24.5 Å². The number of hydrogen-bond acceptors (Lipinski definition) is 4. The highest BCUT2D eigenvalue weighted by atomic mass is 16.6. The Morgan fingerprint density at radius 3 is 2.43 bits per heavy atom. The fraction of sp³-hybridized carbons (Fsp3) is 0.724. The van der Waals surface area contributed by atoms with Crippen molar-refractivity contribution in [2.24, 2.45) is 28.6 Å². The summed E-state index contributed by atoms with van der Waals surface area (Å²) in [5.74, 6) is 2.93. The molecule has 4 aliphatic rings. The molecular formula is C29H42N2O4. The van der Waals surface area contributed by atoms with Gasteiger partial charge in [0.05, 0.1) is 12.6 Å². The number of benzene rings is 1. The van der Waals surface area contributed by atoms with Crippen LogP contribution in [-0.4, -0.2) is 31.3 Å². The first kappa shape index (κ1) is 24.5. The molecule has 1 saturated heterocycles. The molecule has 7 atom stereocenters. The van der Waals surface area contributed by atoms with Crippen LogP contribution in [0.3, 0.4) is 0 Å². The molecule has 1 aromatic rings. The highest BCUT2D eigenvalue weighted by Crippen LogP contribution is 2.64. The summed E-state index contributed by atoms with van der Waals surface area (Å²) in [5.41, 5.74) is 0.704. The molecule has 3 aliphatic carbocycles. The lowest BCUT2D eigenvalue weighted by atomic mass is 9.47. The molecule has 4 fully saturated rings. The van der Waals surface area contributed by atoms with Gasteiger partial charge < -0.3 is 20.1 Å². The maximum Gasteiger partial charge on any atom is 0.408 e. The van der Waals surface area contributed by atoms with E-state index in [0.29, 0.717) is 30.2 Å². The van der Waals surface area contributed by atoms with E-state index in [1.807, 2.05) is 38.1 Å². The monoisotopic (exact) mass is 482 g/mol. The molecule has 1 aliphatic heterocycles. The molecule has 35 heavy (non-hydrogen) atoms. The standard InChI is InChI=1S/C29H42N2O4/c1-27(2,18-6-8-19(34-5)9-7-18)31-26(33)35-24-13-11-21-20-10-12-23-28(3,17-15-25(32)30-23)22(20)14-16-29(21,24)4/h6-9,20-24H,10-17H2,1-5H3,(H,30,32)(H,31,33)/t20-,21-,22-,23+,24-,28+,29-/m0/s1. The summed E-state index contributed by atoms with van der Waals surface area (Å²) >= 11 is 0. The molecule has 0 spiro atoms. The molecule has 192 valence electrons. The molecule has 3 saturated carbocycles. The Labute approximate surface area is 209 Å². The summed E-state index contributed by atoms with van der Waals surface area (Å²) in [6, 6.07) is 8.13. The number of amides is 2. The van der Waals surface area contributed by atoms with Gasteiger partial charge in [-0.2, -0.15) is 0 Å². The van der Waals surface area contributed by atoms with Gasteiger partial charge in [-0.25, -0.2) is 4.79 Å². The second-order valence-corrected chi connectivity index (χ2v) is 12.6. The molecule has 0 unspecified atom stereocenters. The van der Waals surface area contributed by atoms with Gasteiger partial charge in [-0.15, -0.1) is 0 Å². The van der Waals surface area contributed by atoms with Crippen molar-refractivity contribution in [3.8, 4) is 5.75 Å². The molecule has 6 heteroatoms. The van der Waals surface area contributed by atoms with Crippen molar-refractivity contribution in [3.05, 3.63) is 29.8 Å². The predicted octanol–water partition coefficient (Wildman–Crippen LogP) is 5.55. The zero-order valence-electron chi connectivity index (χ0n) is 22.0. The molecule has 1 aromatic carbocycles. The Morgan fingerprint density at radius 2 is 1.71 bits per heavy atom. The average molecular weight is 483 g/mol. The number of alkyl carbamates (subject to hydrolysis) is 1. The van der Waals surface area contributed by atoms with Crippen LogP contribution >= 0.6 is 0 Å². The van der Waals surface area contributed by atoms with Crippen LogP contribution in [0, 0.1) is 28.6 Å². The third-order valence-electron chi connectivity index (χ3n) is 10.5. The molecule has 2 amide bonds. The third-order valence-corrected chi connectivity index (χ3v) is 10.5. The lowest BCUT2D eigenvalue weighted by molar-refractivity contribution is -0.138. The first-order chi connectivity index (χ1) is 16.6. The van der Waals surface area contributed by atoms with E-state index in [1.165, 1.54) is 12.8 Å². The lowest BCUT2D eigenvalue weighted by Gasteiger charge is -2.60. The van der Waals surface area contributed by atoms with E-state index in [9.17, 15) is 9.59 Å². The summed E-state index contributed by atoms with van der Waals surface area (Å²) in [6.07, 6.45) is 7.89. The Morgan fingerprint density at radius 1 is 1.00 bits per heavy atom. The number of nitrogens with one attached hydrogen (secondary N) is 2. The van der Waals surface area contributed by atoms with Crippen molar-refractivity contribution in [1.29, 1.82) is 0 Å². The topological polar surface area (TPSA) is 76.7 Å². The van der Waals surface area contributed by atoms with Crippen LogP contribution in [0.4, 0.5) is 4.79 Å². The Hall–Kier alpha value is -2.24. The van der Waals surface area contributed by atoms with Crippen molar-refractivity contribution in [2.45, 2.75) is 96.7 Å². The van der Waals surface area contributed by atoms with Crippen molar-refractivity contribution in [1.82, 2.24) is 10.6 Å². The fourth-order valence-corrected chi connectivity index (χ4v) is 8.34. The number of piperidine rings is 1. The number of fused-ring (bicyclic) bond motifs is 5. The molecular weight excluding hydrogens is 440 g/mol. The van der Waals surface area contributed by atoms with Crippen molar-refractivity contribution >= 4 is 12.0 Å². The smallest absolute Gasteiger partial charge is 0.408 e. The van der Waals surface area contributed by atoms with Crippen molar-refractivity contribution in [3.63, 3.8) is 0 Å². The van der Waals surface area contributed by atoms with E-state index in [-0.39, 0.29) is 28.9 Å². The summed E-state index contributed by atoms with van der Waals surface area (Å²) in [5, 5.41) is 6.43. The van der Waals surface area contributed by atoms with E-state index < -0.39 is 5.54 Å². The van der Waals surface area contributed by atoms with Gasteiger partial charge in [-0.3, -0.25) is 4.79 Å². The summed E-state index contributed by atoms with van der Waals surface area (Å²) in [6.45, 7) is 8.80. The number of hydrogen-bond donors (Lipinski definition) is 2. The van der Waals surface area contributed by atoms with Crippen LogP contribution in [0.5, 0.6) is 5.75 Å². The second-order valence-electron chi connectivity index (χ2n) is 12.6. The van der Waals surface area contributed by atoms with Crippen LogP contribution in [0.15, 0.2) is 24.3 Å². The van der Waals surface area contributed by atoms with Crippen molar-refractivity contribution < 1.29 is 19.1 Å². The van der Waals surface area contributed by atoms with E-state index in [4.69, 9.17) is 9.47 Å². The molecule has 6 nitrogen and oxygen atoms in total. The van der Waals surface area contributed by atoms with Crippen LogP contribution < -0.4 is 15.4 Å². The van der Waals surface area contributed by atoms with E-state index in [0.717, 1.165) is 43.4 Å². The maximum atomic E-state index is 13.1. The fourth-order valence-electron chi connectivity index (χ4n) is 8.34. The first-order valence-electron chi connectivity index (χ1n) is 13.5. The van der Waals surface area contributed by atoms with Crippen molar-refractivity contribution in [2.75, 3.05) is 7.11 Å². The molecule has 0 radical (unpaired) electrons. The number of methoxy groups -OCH3 is 1. The zero-order valence-corrected chi connectivity index (χ0v) is 22.0. The molecule has 0 aromatic heterocycles. The van der Waals surface area contributed by atoms with Gasteiger partial charge in [0.25, 0.3) is 0 Å². The highest BCUT2D eigenvalue weighted by Gasteiger charge is 2.61. The Kier molecular flexibility index (Phi) is 6.08. The summed E-state index contributed by atoms with van der Waals surface area (Å²) in [7, 11) is 1.65. The minimum atomic E-state index is -0.543. The largest absolute Gasteiger partial charge is 0.497 e. The van der Waals surface area contributed by atoms with E-state index >= 15 is 0 Å². The maximum absolute atomic E-state index is 13.1. The quantitative estimate of drug-likeness (QED) is 0.590. The van der Waals surface area contributed by atoms with Gasteiger partial charge in [-0.1, -0.05) is 26.0 Å². The Bertz CT molecular complexity index is 975. The van der Waals surface area contributed by atoms with Gasteiger partial charge in [0.15, 0.2) is 0 Å². The number of carbonyl (C=O) groups excluding carboxylic acids is 2. The Balaban J connectivity index is 1.26. The van der Waals surface area contributed by atoms with Crippen LogP contribution in [0.25, 0.3) is 0 Å². The number of ether oxygens (including phenoxy) is 2. The third kappa shape index (κ3) is 4.11. The normalized spacial score (nSPS) is 38.4. The zero-order chi connectivity index (χ0) is 25.0. The number of carbonyl (C=O) groups is 2. The highest BCUT2D eigenvalue weighted by molar-refractivity contribution is 5.77. The minimum Gasteiger partial charge on any atom is -0.497 e. The van der Waals surface area contributed by atoms with E-state index in [1.54, 1.807) is 7.11 Å². The van der Waals surface area contributed by atoms with Crippen LogP contribution in [0.1, 0.15) is 84.6 Å². The molecule has 2 N–H and O–H groups in total. The van der Waals surface area contributed by atoms with Gasteiger partial charge in [0.2, 0.25) is 5.91 Å². The molecule has 0 bridgehead atoms. The van der Waals surface area contributed by atoms with Crippen LogP contribution in [-0.2, 0) is 15.1 Å². The second kappa shape index (κ2) is 8.70. The summed E-state index contributed by atoms with van der Waals surface area (Å²) < 4.78 is 11.4. The average Bonchev–Trinajstić information content (AvgIpc) is 3.15. The number of rotatable bonds is 4. The SMILES string of the molecule is COc1ccc(C(C)(C)NC(=O)O[C@H]2CC[C@H]3[C@@H]4CC[C@H]5NC(=O)CC[C@]5(C)[C@H]4CC[C@]23C)cc1. The molecule has 1 heterocycles. The van der Waals surface area contributed by atoms with Gasteiger partial charge in [0, 0.05) is 17.9 Å².